The van der Waals surface area contributed by atoms with Crippen molar-refractivity contribution in [2.24, 2.45) is 0 Å². The topological polar surface area (TPSA) is 37.8 Å². The average Bonchev–Trinajstić information content (AvgIpc) is 3.01. The second-order valence-corrected chi connectivity index (χ2v) is 8.46. The van der Waals surface area contributed by atoms with Crippen LogP contribution in [0.3, 0.4) is 0 Å². The standard InChI is InChI=1S/C23H20N2OS2/c1-17-12-13-21-20(14-17)24-23(27)25(21)15-22(19-10-6-3-7-11-19)28(26)16-18-8-4-2-5-9-18/h2-15H,16H2,1H3,(H,24,27)/b22-15-/t28-/m1/s1. The highest BCUT2D eigenvalue weighted by atomic mass is 32.2. The highest BCUT2D eigenvalue weighted by molar-refractivity contribution is 7.94. The highest BCUT2D eigenvalue weighted by Crippen LogP contribution is 2.25. The summed E-state index contributed by atoms with van der Waals surface area (Å²) in [5.74, 6) is 0.455. The maximum absolute atomic E-state index is 13.3. The molecule has 140 valence electrons. The van der Waals surface area contributed by atoms with Crippen LogP contribution in [0.5, 0.6) is 0 Å². The van der Waals surface area contributed by atoms with Crippen LogP contribution >= 0.6 is 12.2 Å². The summed E-state index contributed by atoms with van der Waals surface area (Å²) in [5.41, 5.74) is 5.08. The van der Waals surface area contributed by atoms with Crippen molar-refractivity contribution in [2.45, 2.75) is 12.7 Å². The quantitative estimate of drug-likeness (QED) is 0.420. The Morgan fingerprint density at radius 3 is 2.43 bits per heavy atom. The molecule has 1 heterocycles. The van der Waals surface area contributed by atoms with Crippen LogP contribution in [0, 0.1) is 11.7 Å². The minimum absolute atomic E-state index is 0.455. The van der Waals surface area contributed by atoms with Crippen molar-refractivity contribution in [3.05, 3.63) is 100 Å². The molecule has 5 heteroatoms. The summed E-state index contributed by atoms with van der Waals surface area (Å²) >= 11 is 5.54. The fraction of sp³-hybridized carbons (Fsp3) is 0.0870. The van der Waals surface area contributed by atoms with Gasteiger partial charge in [-0.25, -0.2) is 0 Å². The van der Waals surface area contributed by atoms with Crippen molar-refractivity contribution in [2.75, 3.05) is 0 Å². The number of nitrogens with one attached hydrogen (secondary N) is 1. The number of hydrogen-bond acceptors (Lipinski definition) is 2. The monoisotopic (exact) mass is 404 g/mol. The van der Waals surface area contributed by atoms with Crippen LogP contribution in [-0.2, 0) is 16.6 Å². The Bertz CT molecular complexity index is 1220. The molecule has 0 unspecified atom stereocenters. The molecule has 3 nitrogen and oxygen atoms in total. The first-order valence-electron chi connectivity index (χ1n) is 9.02. The SMILES string of the molecule is Cc1ccc2c(c1)[nH]c(=S)n2/C=C(/c1ccccc1)[S@](=O)Cc1ccccc1. The van der Waals surface area contributed by atoms with Gasteiger partial charge in [-0.05, 0) is 48.0 Å². The number of aromatic amines is 1. The van der Waals surface area contributed by atoms with Crippen LogP contribution in [0.1, 0.15) is 16.7 Å². The fourth-order valence-corrected chi connectivity index (χ4v) is 4.69. The molecular formula is C23H20N2OS2. The Morgan fingerprint density at radius 1 is 1.04 bits per heavy atom. The van der Waals surface area contributed by atoms with Crippen LogP contribution in [-0.4, -0.2) is 13.8 Å². The van der Waals surface area contributed by atoms with E-state index in [1.165, 1.54) is 0 Å². The molecular weight excluding hydrogens is 384 g/mol. The number of benzene rings is 3. The van der Waals surface area contributed by atoms with Gasteiger partial charge in [0.25, 0.3) is 0 Å². The van der Waals surface area contributed by atoms with Gasteiger partial charge in [-0.15, -0.1) is 0 Å². The third-order valence-corrected chi connectivity index (χ3v) is 6.29. The lowest BCUT2D eigenvalue weighted by molar-refractivity contribution is 0.688. The minimum atomic E-state index is -1.22. The molecule has 0 saturated carbocycles. The number of H-pyrrole nitrogens is 1. The molecule has 0 aliphatic carbocycles. The van der Waals surface area contributed by atoms with Crippen molar-refractivity contribution in [3.8, 4) is 0 Å². The van der Waals surface area contributed by atoms with Gasteiger partial charge >= 0.3 is 0 Å². The lowest BCUT2D eigenvalue weighted by Gasteiger charge is -2.09. The van der Waals surface area contributed by atoms with Crippen molar-refractivity contribution >= 4 is 45.2 Å². The molecule has 1 atom stereocenters. The van der Waals surface area contributed by atoms with Crippen LogP contribution in [0.2, 0.25) is 0 Å². The second-order valence-electron chi connectivity index (χ2n) is 6.66. The number of hydrogen-bond donors (Lipinski definition) is 1. The van der Waals surface area contributed by atoms with Gasteiger partial charge in [0.15, 0.2) is 4.77 Å². The number of nitrogens with zero attached hydrogens (tertiary/aromatic N) is 1. The van der Waals surface area contributed by atoms with Gasteiger partial charge in [-0.1, -0.05) is 66.7 Å². The largest absolute Gasteiger partial charge is 0.330 e. The van der Waals surface area contributed by atoms with Crippen LogP contribution in [0.4, 0.5) is 0 Å². The zero-order valence-corrected chi connectivity index (χ0v) is 17.1. The fourth-order valence-electron chi connectivity index (χ4n) is 3.16. The number of imidazole rings is 1. The molecule has 3 aromatic carbocycles. The maximum Gasteiger partial charge on any atom is 0.182 e. The molecule has 4 rings (SSSR count). The van der Waals surface area contributed by atoms with Crippen LogP contribution < -0.4 is 0 Å². The number of aryl methyl sites for hydroxylation is 1. The van der Waals surface area contributed by atoms with E-state index in [-0.39, 0.29) is 0 Å². The van der Waals surface area contributed by atoms with E-state index in [2.05, 4.69) is 17.1 Å². The van der Waals surface area contributed by atoms with Gasteiger partial charge < -0.3 is 4.98 Å². The zero-order chi connectivity index (χ0) is 19.5. The van der Waals surface area contributed by atoms with Crippen molar-refractivity contribution in [3.63, 3.8) is 0 Å². The number of rotatable bonds is 5. The molecule has 1 N–H and O–H groups in total. The van der Waals surface area contributed by atoms with E-state index >= 15 is 0 Å². The van der Waals surface area contributed by atoms with Crippen molar-refractivity contribution < 1.29 is 4.21 Å². The predicted octanol–water partition coefficient (Wildman–Crippen LogP) is 5.91. The van der Waals surface area contributed by atoms with Gasteiger partial charge in [-0.2, -0.15) is 0 Å². The van der Waals surface area contributed by atoms with Gasteiger partial charge in [0.2, 0.25) is 0 Å². The number of aromatic nitrogens is 2. The molecule has 0 aliphatic heterocycles. The molecule has 4 aromatic rings. The smallest absolute Gasteiger partial charge is 0.182 e. The molecule has 0 saturated heterocycles. The van der Waals surface area contributed by atoms with E-state index in [4.69, 9.17) is 12.2 Å². The van der Waals surface area contributed by atoms with Gasteiger partial charge in [0.05, 0.1) is 32.5 Å². The molecule has 28 heavy (non-hydrogen) atoms. The Labute approximate surface area is 171 Å². The zero-order valence-electron chi connectivity index (χ0n) is 15.5. The first-order chi connectivity index (χ1) is 13.6. The maximum atomic E-state index is 13.3. The first-order valence-corrected chi connectivity index (χ1v) is 10.7. The third-order valence-electron chi connectivity index (χ3n) is 4.56. The lowest BCUT2D eigenvalue weighted by Crippen LogP contribution is -2.01. The summed E-state index contributed by atoms with van der Waals surface area (Å²) in [5, 5.41) is 0. The van der Waals surface area contributed by atoms with Gasteiger partial charge in [-0.3, -0.25) is 8.78 Å². The lowest BCUT2D eigenvalue weighted by atomic mass is 10.2. The van der Waals surface area contributed by atoms with E-state index in [0.717, 1.165) is 32.6 Å². The van der Waals surface area contributed by atoms with Crippen LogP contribution in [0.15, 0.2) is 78.9 Å². The third kappa shape index (κ3) is 3.91. The minimum Gasteiger partial charge on any atom is -0.330 e. The van der Waals surface area contributed by atoms with Crippen molar-refractivity contribution in [1.29, 1.82) is 0 Å². The van der Waals surface area contributed by atoms with Gasteiger partial charge in [0, 0.05) is 6.20 Å². The average molecular weight is 405 g/mol. The first kappa shape index (κ1) is 18.6. The predicted molar refractivity (Wildman–Crippen MR) is 121 cm³/mol. The normalized spacial score (nSPS) is 13.0. The Kier molecular flexibility index (Phi) is 5.37. The van der Waals surface area contributed by atoms with E-state index in [1.807, 2.05) is 84.4 Å². The number of fused-ring (bicyclic) bond motifs is 1. The Hall–Kier alpha value is -2.76. The molecule has 0 radical (unpaired) electrons. The summed E-state index contributed by atoms with van der Waals surface area (Å²) in [6.45, 7) is 2.05. The highest BCUT2D eigenvalue weighted by Gasteiger charge is 2.13. The van der Waals surface area contributed by atoms with E-state index in [9.17, 15) is 4.21 Å². The van der Waals surface area contributed by atoms with Crippen LogP contribution in [0.25, 0.3) is 22.1 Å². The van der Waals surface area contributed by atoms with E-state index < -0.39 is 10.8 Å². The molecule has 0 amide bonds. The summed E-state index contributed by atoms with van der Waals surface area (Å²) in [6, 6.07) is 25.9. The summed E-state index contributed by atoms with van der Waals surface area (Å²) < 4.78 is 15.8. The molecule has 0 fully saturated rings. The Morgan fingerprint density at radius 2 is 1.71 bits per heavy atom. The second kappa shape index (κ2) is 8.09. The van der Waals surface area contributed by atoms with Gasteiger partial charge in [0.1, 0.15) is 0 Å². The van der Waals surface area contributed by atoms with Crippen molar-refractivity contribution in [1.82, 2.24) is 9.55 Å². The Balaban J connectivity index is 1.83. The van der Waals surface area contributed by atoms with E-state index in [1.54, 1.807) is 0 Å². The van der Waals surface area contributed by atoms with E-state index in [0.29, 0.717) is 10.5 Å². The molecule has 0 spiro atoms. The summed E-state index contributed by atoms with van der Waals surface area (Å²) in [4.78, 5) is 4.00. The summed E-state index contributed by atoms with van der Waals surface area (Å²) in [6.07, 6.45) is 1.91. The molecule has 1 aromatic heterocycles. The molecule has 0 bridgehead atoms. The summed E-state index contributed by atoms with van der Waals surface area (Å²) in [7, 11) is -1.22. The molecule has 0 aliphatic rings.